The summed E-state index contributed by atoms with van der Waals surface area (Å²) >= 11 is 5.84. The van der Waals surface area contributed by atoms with Gasteiger partial charge in [-0.15, -0.1) is 12.4 Å². The van der Waals surface area contributed by atoms with E-state index in [2.05, 4.69) is 5.32 Å². The van der Waals surface area contributed by atoms with Gasteiger partial charge in [-0.3, -0.25) is 9.59 Å². The molecular formula is C15H21Cl2N3O2. The summed E-state index contributed by atoms with van der Waals surface area (Å²) in [6.07, 6.45) is 0.800. The van der Waals surface area contributed by atoms with Gasteiger partial charge in [-0.2, -0.15) is 0 Å². The summed E-state index contributed by atoms with van der Waals surface area (Å²) < 4.78 is 0. The number of hydrogen-bond donors (Lipinski definition) is 1. The minimum absolute atomic E-state index is 0. The Bertz CT molecular complexity index is 508. The molecule has 5 nitrogen and oxygen atoms in total. The lowest BCUT2D eigenvalue weighted by atomic mass is 10.2. The number of nitrogens with one attached hydrogen (secondary N) is 1. The van der Waals surface area contributed by atoms with Crippen LogP contribution in [0.2, 0.25) is 5.02 Å². The molecular weight excluding hydrogens is 325 g/mol. The average molecular weight is 346 g/mol. The lowest BCUT2D eigenvalue weighted by Gasteiger charge is -2.22. The molecule has 0 unspecified atom stereocenters. The van der Waals surface area contributed by atoms with Crippen molar-refractivity contribution in [2.75, 3.05) is 39.8 Å². The van der Waals surface area contributed by atoms with Crippen LogP contribution in [0.3, 0.4) is 0 Å². The van der Waals surface area contributed by atoms with Crippen LogP contribution in [0.1, 0.15) is 16.8 Å². The van der Waals surface area contributed by atoms with Crippen molar-refractivity contribution in [3.63, 3.8) is 0 Å². The molecule has 122 valence electrons. The van der Waals surface area contributed by atoms with Gasteiger partial charge in [0.2, 0.25) is 5.91 Å². The van der Waals surface area contributed by atoms with Crippen LogP contribution in [0.4, 0.5) is 0 Å². The third-order valence-electron chi connectivity index (χ3n) is 3.55. The minimum atomic E-state index is -0.00502. The van der Waals surface area contributed by atoms with E-state index >= 15 is 0 Å². The molecule has 0 atom stereocenters. The van der Waals surface area contributed by atoms with Gasteiger partial charge in [-0.25, -0.2) is 0 Å². The summed E-state index contributed by atoms with van der Waals surface area (Å²) in [5.74, 6) is 0.0767. The molecule has 0 radical (unpaired) electrons. The van der Waals surface area contributed by atoms with Crippen molar-refractivity contribution < 1.29 is 9.59 Å². The highest BCUT2D eigenvalue weighted by atomic mass is 35.5. The molecule has 2 rings (SSSR count). The number of carbonyl (C=O) groups excluding carboxylic acids is 2. The summed E-state index contributed by atoms with van der Waals surface area (Å²) in [6.45, 7) is 2.86. The number of amides is 2. The summed E-state index contributed by atoms with van der Waals surface area (Å²) in [4.78, 5) is 27.9. The largest absolute Gasteiger partial charge is 0.340 e. The first-order valence-electron chi connectivity index (χ1n) is 7.09. The molecule has 1 aliphatic heterocycles. The van der Waals surface area contributed by atoms with Crippen LogP contribution < -0.4 is 5.32 Å². The summed E-state index contributed by atoms with van der Waals surface area (Å²) in [5, 5.41) is 3.48. The van der Waals surface area contributed by atoms with Crippen LogP contribution in [0.25, 0.3) is 0 Å². The Morgan fingerprint density at radius 3 is 2.32 bits per heavy atom. The van der Waals surface area contributed by atoms with Crippen molar-refractivity contribution in [1.29, 1.82) is 0 Å². The predicted octanol–water partition coefficient (Wildman–Crippen LogP) is 1.66. The van der Waals surface area contributed by atoms with Crippen molar-refractivity contribution >= 4 is 35.8 Å². The molecule has 1 N–H and O–H groups in total. The van der Waals surface area contributed by atoms with Crippen LogP contribution in [0, 0.1) is 0 Å². The molecule has 7 heteroatoms. The second-order valence-corrected chi connectivity index (χ2v) is 5.50. The normalized spacial score (nSPS) is 15.0. The van der Waals surface area contributed by atoms with Gasteiger partial charge in [0.15, 0.2) is 0 Å². The van der Waals surface area contributed by atoms with Crippen molar-refractivity contribution in [2.24, 2.45) is 0 Å². The fourth-order valence-electron chi connectivity index (χ4n) is 2.41. The Labute approximate surface area is 142 Å². The minimum Gasteiger partial charge on any atom is -0.340 e. The van der Waals surface area contributed by atoms with Crippen molar-refractivity contribution in [2.45, 2.75) is 6.42 Å². The summed E-state index contributed by atoms with van der Waals surface area (Å²) in [5.41, 5.74) is 0.634. The predicted molar refractivity (Wildman–Crippen MR) is 89.7 cm³/mol. The van der Waals surface area contributed by atoms with Crippen LogP contribution >= 0.6 is 24.0 Å². The number of likely N-dealkylation sites (N-methyl/N-ethyl adjacent to an activating group) is 1. The molecule has 1 heterocycles. The fraction of sp³-hybridized carbons (Fsp3) is 0.467. The van der Waals surface area contributed by atoms with E-state index in [0.717, 1.165) is 6.42 Å². The summed E-state index contributed by atoms with van der Waals surface area (Å²) in [6, 6.07) is 6.91. The van der Waals surface area contributed by atoms with Gasteiger partial charge in [0, 0.05) is 36.8 Å². The zero-order chi connectivity index (χ0) is 15.2. The maximum Gasteiger partial charge on any atom is 0.253 e. The number of hydrogen-bond acceptors (Lipinski definition) is 3. The maximum atomic E-state index is 12.4. The standard InChI is InChI=1S/C15H20ClN3O2.ClH/c1-17-11-14(20)18-7-2-8-19(10-9-18)15(21)12-3-5-13(16)6-4-12;/h3-6,17H,2,7-11H2,1H3;1H. The monoisotopic (exact) mass is 345 g/mol. The van der Waals surface area contributed by atoms with Gasteiger partial charge in [-0.1, -0.05) is 11.6 Å². The van der Waals surface area contributed by atoms with Gasteiger partial charge in [0.1, 0.15) is 0 Å². The molecule has 1 fully saturated rings. The van der Waals surface area contributed by atoms with Crippen LogP contribution in [0.5, 0.6) is 0 Å². The lowest BCUT2D eigenvalue weighted by molar-refractivity contribution is -0.130. The second kappa shape index (κ2) is 8.98. The molecule has 1 aliphatic rings. The average Bonchev–Trinajstić information content (AvgIpc) is 2.73. The third kappa shape index (κ3) is 4.87. The Morgan fingerprint density at radius 2 is 1.68 bits per heavy atom. The highest BCUT2D eigenvalue weighted by molar-refractivity contribution is 6.30. The van der Waals surface area contributed by atoms with E-state index in [1.807, 2.05) is 4.90 Å². The van der Waals surface area contributed by atoms with Gasteiger partial charge in [-0.05, 0) is 37.7 Å². The Hall–Kier alpha value is -1.30. The first-order valence-corrected chi connectivity index (χ1v) is 7.47. The SMILES string of the molecule is CNCC(=O)N1CCCN(C(=O)c2ccc(Cl)cc2)CC1.Cl. The molecule has 0 bridgehead atoms. The van der Waals surface area contributed by atoms with Crippen molar-refractivity contribution in [3.05, 3.63) is 34.9 Å². The van der Waals surface area contributed by atoms with Crippen LogP contribution in [0.15, 0.2) is 24.3 Å². The number of benzene rings is 1. The number of rotatable bonds is 3. The summed E-state index contributed by atoms with van der Waals surface area (Å²) in [7, 11) is 1.76. The number of carbonyl (C=O) groups is 2. The molecule has 2 amide bonds. The molecule has 1 aromatic carbocycles. The molecule has 0 spiro atoms. The van der Waals surface area contributed by atoms with E-state index in [-0.39, 0.29) is 24.2 Å². The van der Waals surface area contributed by atoms with Gasteiger partial charge in [0.05, 0.1) is 6.54 Å². The Kier molecular flexibility index (Phi) is 7.65. The van der Waals surface area contributed by atoms with Gasteiger partial charge < -0.3 is 15.1 Å². The van der Waals surface area contributed by atoms with E-state index in [9.17, 15) is 9.59 Å². The zero-order valence-electron chi connectivity index (χ0n) is 12.5. The maximum absolute atomic E-state index is 12.4. The topological polar surface area (TPSA) is 52.7 Å². The Morgan fingerprint density at radius 1 is 1.09 bits per heavy atom. The number of nitrogens with zero attached hydrogens (tertiary/aromatic N) is 2. The van der Waals surface area contributed by atoms with Crippen LogP contribution in [-0.2, 0) is 4.79 Å². The number of halogens is 2. The van der Waals surface area contributed by atoms with Crippen LogP contribution in [-0.4, -0.2) is 61.4 Å². The fourth-order valence-corrected chi connectivity index (χ4v) is 2.53. The van der Waals surface area contributed by atoms with Gasteiger partial charge in [0.25, 0.3) is 5.91 Å². The quantitative estimate of drug-likeness (QED) is 0.906. The van der Waals surface area contributed by atoms with E-state index in [1.165, 1.54) is 0 Å². The highest BCUT2D eigenvalue weighted by Gasteiger charge is 2.22. The van der Waals surface area contributed by atoms with Crippen molar-refractivity contribution in [3.8, 4) is 0 Å². The highest BCUT2D eigenvalue weighted by Crippen LogP contribution is 2.13. The van der Waals surface area contributed by atoms with Gasteiger partial charge >= 0.3 is 0 Å². The Balaban J connectivity index is 0.00000242. The molecule has 1 saturated heterocycles. The molecule has 22 heavy (non-hydrogen) atoms. The lowest BCUT2D eigenvalue weighted by Crippen LogP contribution is -2.40. The molecule has 0 aliphatic carbocycles. The first-order chi connectivity index (χ1) is 10.1. The third-order valence-corrected chi connectivity index (χ3v) is 3.81. The zero-order valence-corrected chi connectivity index (χ0v) is 14.1. The van der Waals surface area contributed by atoms with E-state index in [0.29, 0.717) is 43.3 Å². The van der Waals surface area contributed by atoms with E-state index in [1.54, 1.807) is 36.2 Å². The molecule has 0 saturated carbocycles. The van der Waals surface area contributed by atoms with E-state index in [4.69, 9.17) is 11.6 Å². The second-order valence-electron chi connectivity index (χ2n) is 5.06. The smallest absolute Gasteiger partial charge is 0.253 e. The van der Waals surface area contributed by atoms with E-state index < -0.39 is 0 Å². The van der Waals surface area contributed by atoms with Crippen molar-refractivity contribution in [1.82, 2.24) is 15.1 Å². The molecule has 0 aromatic heterocycles. The first kappa shape index (κ1) is 18.7. The molecule has 1 aromatic rings.